The van der Waals surface area contributed by atoms with Crippen molar-refractivity contribution in [2.75, 3.05) is 39.3 Å². The highest BCUT2D eigenvalue weighted by Crippen LogP contribution is 2.30. The summed E-state index contributed by atoms with van der Waals surface area (Å²) in [4.78, 5) is 19.3. The molecule has 2 aliphatic rings. The van der Waals surface area contributed by atoms with Gasteiger partial charge in [0.25, 0.3) is 0 Å². The zero-order valence-corrected chi connectivity index (χ0v) is 17.6. The SMILES string of the molecule is C#CCN1CCC(N2CCN(C(c3ccccc3)c3ccccc3)CC2)CCC1=O. The number of terminal acetylenes is 1. The molecule has 30 heavy (non-hydrogen) atoms. The van der Waals surface area contributed by atoms with Crippen LogP contribution >= 0.6 is 0 Å². The van der Waals surface area contributed by atoms with E-state index in [2.05, 4.69) is 76.4 Å². The molecule has 1 atom stereocenters. The van der Waals surface area contributed by atoms with Crippen LogP contribution in [0.1, 0.15) is 36.4 Å². The lowest BCUT2D eigenvalue weighted by Gasteiger charge is -2.42. The number of carbonyl (C=O) groups excluding carboxylic acids is 1. The van der Waals surface area contributed by atoms with Crippen molar-refractivity contribution in [3.05, 3.63) is 71.8 Å². The van der Waals surface area contributed by atoms with E-state index < -0.39 is 0 Å². The van der Waals surface area contributed by atoms with Crippen LogP contribution in [0.25, 0.3) is 0 Å². The maximum Gasteiger partial charge on any atom is 0.223 e. The monoisotopic (exact) mass is 401 g/mol. The molecule has 0 bridgehead atoms. The van der Waals surface area contributed by atoms with Crippen molar-refractivity contribution in [2.45, 2.75) is 31.3 Å². The summed E-state index contributed by atoms with van der Waals surface area (Å²) in [5.74, 6) is 2.83. The summed E-state index contributed by atoms with van der Waals surface area (Å²) in [5.41, 5.74) is 2.70. The maximum absolute atomic E-state index is 12.3. The summed E-state index contributed by atoms with van der Waals surface area (Å²) in [5, 5.41) is 0. The lowest BCUT2D eigenvalue weighted by molar-refractivity contribution is -0.130. The summed E-state index contributed by atoms with van der Waals surface area (Å²) in [6.07, 6.45) is 8.01. The third kappa shape index (κ3) is 4.75. The van der Waals surface area contributed by atoms with Crippen molar-refractivity contribution >= 4 is 5.91 Å². The van der Waals surface area contributed by atoms with Gasteiger partial charge in [-0.05, 0) is 24.0 Å². The average molecular weight is 402 g/mol. The summed E-state index contributed by atoms with van der Waals surface area (Å²) < 4.78 is 0. The molecular weight excluding hydrogens is 370 g/mol. The van der Waals surface area contributed by atoms with E-state index in [-0.39, 0.29) is 11.9 Å². The van der Waals surface area contributed by atoms with E-state index in [9.17, 15) is 4.79 Å². The quantitative estimate of drug-likeness (QED) is 0.719. The van der Waals surface area contributed by atoms with Gasteiger partial charge in [-0.2, -0.15) is 0 Å². The summed E-state index contributed by atoms with van der Waals surface area (Å²) in [6.45, 7) is 5.38. The minimum Gasteiger partial charge on any atom is -0.332 e. The number of nitrogens with zero attached hydrogens (tertiary/aromatic N) is 3. The second kappa shape index (κ2) is 9.93. The van der Waals surface area contributed by atoms with Crippen LogP contribution in [-0.4, -0.2) is 65.9 Å². The molecule has 0 spiro atoms. The highest BCUT2D eigenvalue weighted by Gasteiger charge is 2.31. The van der Waals surface area contributed by atoms with Crippen LogP contribution in [0, 0.1) is 12.3 Å². The van der Waals surface area contributed by atoms with E-state index in [4.69, 9.17) is 6.42 Å². The third-order valence-corrected chi connectivity index (χ3v) is 6.52. The Labute approximate surface area is 180 Å². The molecule has 2 aromatic rings. The number of piperazine rings is 1. The van der Waals surface area contributed by atoms with Crippen molar-refractivity contribution in [3.8, 4) is 12.3 Å². The number of carbonyl (C=O) groups is 1. The van der Waals surface area contributed by atoms with Crippen LogP contribution < -0.4 is 0 Å². The van der Waals surface area contributed by atoms with Crippen molar-refractivity contribution in [1.82, 2.24) is 14.7 Å². The summed E-state index contributed by atoms with van der Waals surface area (Å²) in [6, 6.07) is 22.4. The molecule has 4 rings (SSSR count). The van der Waals surface area contributed by atoms with Gasteiger partial charge in [0.2, 0.25) is 5.91 Å². The van der Waals surface area contributed by atoms with Crippen LogP contribution in [0.3, 0.4) is 0 Å². The fourth-order valence-corrected chi connectivity index (χ4v) is 4.91. The predicted octanol–water partition coefficient (Wildman–Crippen LogP) is 3.41. The first kappa shape index (κ1) is 20.7. The minimum absolute atomic E-state index is 0.210. The van der Waals surface area contributed by atoms with Gasteiger partial charge in [-0.15, -0.1) is 6.42 Å². The predicted molar refractivity (Wildman–Crippen MR) is 121 cm³/mol. The minimum atomic E-state index is 0.210. The Balaban J connectivity index is 1.43. The molecule has 0 aromatic heterocycles. The number of benzene rings is 2. The Kier molecular flexibility index (Phi) is 6.84. The lowest BCUT2D eigenvalue weighted by Crippen LogP contribution is -2.51. The normalized spacial score (nSPS) is 21.4. The summed E-state index contributed by atoms with van der Waals surface area (Å²) >= 11 is 0. The van der Waals surface area contributed by atoms with Crippen molar-refractivity contribution < 1.29 is 4.79 Å². The van der Waals surface area contributed by atoms with Crippen molar-refractivity contribution in [3.63, 3.8) is 0 Å². The fraction of sp³-hybridized carbons (Fsp3) is 0.423. The van der Waals surface area contributed by atoms with Crippen molar-refractivity contribution in [1.29, 1.82) is 0 Å². The maximum atomic E-state index is 12.3. The smallest absolute Gasteiger partial charge is 0.223 e. The molecule has 4 heteroatoms. The van der Waals surface area contributed by atoms with Gasteiger partial charge < -0.3 is 4.90 Å². The van der Waals surface area contributed by atoms with Gasteiger partial charge >= 0.3 is 0 Å². The molecule has 2 aromatic carbocycles. The molecule has 2 heterocycles. The molecule has 156 valence electrons. The standard InChI is InChI=1S/C26H31N3O/c1-2-16-28-17-15-24(13-14-25(28)30)27-18-20-29(21-19-27)26(22-9-5-3-6-10-22)23-11-7-4-8-12-23/h1,3-12,24,26H,13-21H2. The van der Waals surface area contributed by atoms with Crippen LogP contribution in [0.15, 0.2) is 60.7 Å². The number of hydrogen-bond acceptors (Lipinski definition) is 3. The number of likely N-dealkylation sites (tertiary alicyclic amines) is 1. The average Bonchev–Trinajstić information content (AvgIpc) is 2.98. The van der Waals surface area contributed by atoms with Gasteiger partial charge in [0.1, 0.15) is 0 Å². The Bertz CT molecular complexity index is 813. The lowest BCUT2D eigenvalue weighted by atomic mass is 9.96. The Hall–Kier alpha value is -2.61. The van der Waals surface area contributed by atoms with Crippen LogP contribution in [-0.2, 0) is 4.79 Å². The van der Waals surface area contributed by atoms with E-state index >= 15 is 0 Å². The highest BCUT2D eigenvalue weighted by atomic mass is 16.2. The molecule has 2 saturated heterocycles. The first-order valence-corrected chi connectivity index (χ1v) is 11.1. The Morgan fingerprint density at radius 2 is 1.47 bits per heavy atom. The van der Waals surface area contributed by atoms with E-state index in [1.54, 1.807) is 0 Å². The van der Waals surface area contributed by atoms with Gasteiger partial charge in [0.15, 0.2) is 0 Å². The molecule has 0 radical (unpaired) electrons. The first-order chi connectivity index (χ1) is 14.8. The topological polar surface area (TPSA) is 26.8 Å². The zero-order valence-electron chi connectivity index (χ0n) is 17.6. The molecule has 1 unspecified atom stereocenters. The van der Waals surface area contributed by atoms with Crippen LogP contribution in [0.5, 0.6) is 0 Å². The summed E-state index contributed by atoms with van der Waals surface area (Å²) in [7, 11) is 0. The number of hydrogen-bond donors (Lipinski definition) is 0. The molecule has 0 saturated carbocycles. The van der Waals surface area contributed by atoms with Crippen molar-refractivity contribution in [2.24, 2.45) is 0 Å². The van der Waals surface area contributed by atoms with Gasteiger partial charge in [0, 0.05) is 45.2 Å². The van der Waals surface area contributed by atoms with E-state index in [1.807, 2.05) is 4.90 Å². The van der Waals surface area contributed by atoms with Gasteiger partial charge in [-0.25, -0.2) is 0 Å². The molecule has 1 amide bonds. The molecular formula is C26H31N3O. The molecule has 4 nitrogen and oxygen atoms in total. The van der Waals surface area contributed by atoms with E-state index in [0.717, 1.165) is 45.6 Å². The van der Waals surface area contributed by atoms with E-state index in [0.29, 0.717) is 19.0 Å². The second-order valence-electron chi connectivity index (χ2n) is 8.30. The molecule has 2 aliphatic heterocycles. The van der Waals surface area contributed by atoms with E-state index in [1.165, 1.54) is 11.1 Å². The van der Waals surface area contributed by atoms with Gasteiger partial charge in [0.05, 0.1) is 12.6 Å². The van der Waals surface area contributed by atoms with Gasteiger partial charge in [-0.3, -0.25) is 14.6 Å². The zero-order chi connectivity index (χ0) is 20.8. The highest BCUT2D eigenvalue weighted by molar-refractivity contribution is 5.76. The van der Waals surface area contributed by atoms with Crippen LogP contribution in [0.4, 0.5) is 0 Å². The molecule has 0 N–H and O–H groups in total. The molecule has 2 fully saturated rings. The van der Waals surface area contributed by atoms with Gasteiger partial charge in [-0.1, -0.05) is 66.6 Å². The number of rotatable bonds is 5. The number of amides is 1. The Morgan fingerprint density at radius 1 is 0.867 bits per heavy atom. The largest absolute Gasteiger partial charge is 0.332 e. The van der Waals surface area contributed by atoms with Crippen LogP contribution in [0.2, 0.25) is 0 Å². The molecule has 0 aliphatic carbocycles. The second-order valence-corrected chi connectivity index (χ2v) is 8.30. The Morgan fingerprint density at radius 3 is 2.03 bits per heavy atom. The first-order valence-electron chi connectivity index (χ1n) is 11.1. The third-order valence-electron chi connectivity index (χ3n) is 6.52. The fourth-order valence-electron chi connectivity index (χ4n) is 4.91.